The maximum atomic E-state index is 12.3. The van der Waals surface area contributed by atoms with E-state index in [2.05, 4.69) is 10.9 Å². The SMILES string of the molecule is C/C=C/C=C/C(=O)NNC(=O)c1cc(C)n(-c2ccccc2)c1C. The summed E-state index contributed by atoms with van der Waals surface area (Å²) in [5.74, 6) is -0.739. The Labute approximate surface area is 141 Å². The van der Waals surface area contributed by atoms with E-state index in [1.807, 2.05) is 55.7 Å². The van der Waals surface area contributed by atoms with Gasteiger partial charge in [-0.15, -0.1) is 0 Å². The molecule has 2 amide bonds. The van der Waals surface area contributed by atoms with Crippen molar-refractivity contribution in [3.63, 3.8) is 0 Å². The number of carbonyl (C=O) groups is 2. The van der Waals surface area contributed by atoms with E-state index in [9.17, 15) is 9.59 Å². The van der Waals surface area contributed by atoms with E-state index < -0.39 is 5.91 Å². The number of para-hydroxylation sites is 1. The first-order chi connectivity index (χ1) is 11.5. The van der Waals surface area contributed by atoms with Crippen molar-refractivity contribution in [1.82, 2.24) is 15.4 Å². The first-order valence-electron chi connectivity index (χ1n) is 7.68. The van der Waals surface area contributed by atoms with E-state index >= 15 is 0 Å². The Kier molecular flexibility index (Phi) is 5.73. The van der Waals surface area contributed by atoms with Gasteiger partial charge in [-0.25, -0.2) is 0 Å². The Morgan fingerprint density at radius 1 is 1.04 bits per heavy atom. The molecule has 124 valence electrons. The van der Waals surface area contributed by atoms with Crippen molar-refractivity contribution in [3.05, 3.63) is 77.7 Å². The molecular formula is C19H21N3O2. The number of allylic oxidation sites excluding steroid dienone is 3. The normalized spacial score (nSPS) is 11.1. The minimum Gasteiger partial charge on any atom is -0.318 e. The van der Waals surface area contributed by atoms with Crippen LogP contribution in [-0.4, -0.2) is 16.4 Å². The van der Waals surface area contributed by atoms with E-state index in [0.717, 1.165) is 17.1 Å². The molecule has 0 atom stereocenters. The van der Waals surface area contributed by atoms with Gasteiger partial charge < -0.3 is 4.57 Å². The topological polar surface area (TPSA) is 63.1 Å². The third kappa shape index (κ3) is 4.01. The summed E-state index contributed by atoms with van der Waals surface area (Å²) in [6.07, 6.45) is 6.48. The second-order valence-corrected chi connectivity index (χ2v) is 5.28. The highest BCUT2D eigenvalue weighted by atomic mass is 16.2. The molecule has 0 aliphatic rings. The maximum Gasteiger partial charge on any atom is 0.271 e. The fourth-order valence-electron chi connectivity index (χ4n) is 2.45. The molecule has 0 saturated carbocycles. The lowest BCUT2D eigenvalue weighted by Crippen LogP contribution is -2.40. The molecule has 0 unspecified atom stereocenters. The summed E-state index contributed by atoms with van der Waals surface area (Å²) in [6, 6.07) is 11.6. The van der Waals surface area contributed by atoms with Crippen LogP contribution in [0, 0.1) is 13.8 Å². The van der Waals surface area contributed by atoms with Gasteiger partial charge in [0.05, 0.1) is 5.56 Å². The van der Waals surface area contributed by atoms with E-state index in [1.165, 1.54) is 6.08 Å². The van der Waals surface area contributed by atoms with Crippen LogP contribution in [0.4, 0.5) is 0 Å². The van der Waals surface area contributed by atoms with Crippen LogP contribution in [-0.2, 0) is 4.79 Å². The molecule has 0 aliphatic heterocycles. The largest absolute Gasteiger partial charge is 0.318 e. The number of nitrogens with one attached hydrogen (secondary N) is 2. The van der Waals surface area contributed by atoms with E-state index in [-0.39, 0.29) is 5.91 Å². The Bertz CT molecular complexity index is 786. The minimum atomic E-state index is -0.390. The number of hydrazine groups is 1. The van der Waals surface area contributed by atoms with Gasteiger partial charge in [-0.1, -0.05) is 36.4 Å². The average Bonchev–Trinajstić information content (AvgIpc) is 2.88. The van der Waals surface area contributed by atoms with Crippen molar-refractivity contribution >= 4 is 11.8 Å². The molecule has 5 nitrogen and oxygen atoms in total. The Hall–Kier alpha value is -3.08. The standard InChI is InChI=1S/C19H21N3O2/c1-4-5-7-12-18(23)20-21-19(24)17-13-14(2)22(15(17)3)16-10-8-6-9-11-16/h4-13H,1-3H3,(H,20,23)(H,21,24)/b5-4+,12-7+. The monoisotopic (exact) mass is 323 g/mol. The summed E-state index contributed by atoms with van der Waals surface area (Å²) >= 11 is 0. The van der Waals surface area contributed by atoms with Crippen LogP contribution in [0.15, 0.2) is 60.7 Å². The molecule has 0 aliphatic carbocycles. The van der Waals surface area contributed by atoms with Crippen LogP contribution in [0.2, 0.25) is 0 Å². The molecule has 2 aromatic rings. The highest BCUT2D eigenvalue weighted by Crippen LogP contribution is 2.20. The third-order valence-corrected chi connectivity index (χ3v) is 3.54. The second-order valence-electron chi connectivity index (χ2n) is 5.28. The van der Waals surface area contributed by atoms with Crippen LogP contribution in [0.3, 0.4) is 0 Å². The molecule has 1 aromatic carbocycles. The molecule has 1 aromatic heterocycles. The van der Waals surface area contributed by atoms with Crippen molar-refractivity contribution in [2.45, 2.75) is 20.8 Å². The lowest BCUT2D eigenvalue weighted by molar-refractivity contribution is -0.117. The summed E-state index contributed by atoms with van der Waals surface area (Å²) in [5, 5.41) is 0. The van der Waals surface area contributed by atoms with Gasteiger partial charge in [-0.3, -0.25) is 20.4 Å². The molecular weight excluding hydrogens is 302 g/mol. The Morgan fingerprint density at radius 2 is 1.75 bits per heavy atom. The lowest BCUT2D eigenvalue weighted by atomic mass is 10.2. The number of aromatic nitrogens is 1. The number of amides is 2. The predicted octanol–water partition coefficient (Wildman–Crippen LogP) is 2.99. The molecule has 2 rings (SSSR count). The molecule has 24 heavy (non-hydrogen) atoms. The quantitative estimate of drug-likeness (QED) is 0.516. The number of hydrogen-bond acceptors (Lipinski definition) is 2. The van der Waals surface area contributed by atoms with Gasteiger partial charge >= 0.3 is 0 Å². The minimum absolute atomic E-state index is 0.349. The number of carbonyl (C=O) groups excluding carboxylic acids is 2. The molecule has 0 fully saturated rings. The van der Waals surface area contributed by atoms with Gasteiger partial charge in [0.25, 0.3) is 11.8 Å². The van der Waals surface area contributed by atoms with E-state index in [1.54, 1.807) is 24.3 Å². The highest BCUT2D eigenvalue weighted by Gasteiger charge is 2.16. The number of nitrogens with zero attached hydrogens (tertiary/aromatic N) is 1. The number of rotatable bonds is 4. The summed E-state index contributed by atoms with van der Waals surface area (Å²) in [7, 11) is 0. The predicted molar refractivity (Wildman–Crippen MR) is 94.8 cm³/mol. The van der Waals surface area contributed by atoms with Crippen LogP contribution >= 0.6 is 0 Å². The van der Waals surface area contributed by atoms with Crippen LogP contribution < -0.4 is 10.9 Å². The van der Waals surface area contributed by atoms with Crippen molar-refractivity contribution < 1.29 is 9.59 Å². The lowest BCUT2D eigenvalue weighted by Gasteiger charge is -2.10. The Balaban J connectivity index is 2.13. The third-order valence-electron chi connectivity index (χ3n) is 3.54. The second kappa shape index (κ2) is 7.97. The maximum absolute atomic E-state index is 12.3. The molecule has 0 radical (unpaired) electrons. The van der Waals surface area contributed by atoms with E-state index in [4.69, 9.17) is 0 Å². The van der Waals surface area contributed by atoms with Crippen molar-refractivity contribution in [2.24, 2.45) is 0 Å². The summed E-state index contributed by atoms with van der Waals surface area (Å²) in [4.78, 5) is 23.9. The molecule has 0 bridgehead atoms. The zero-order chi connectivity index (χ0) is 17.5. The molecule has 0 saturated heterocycles. The number of hydrogen-bond donors (Lipinski definition) is 2. The number of benzene rings is 1. The molecule has 2 N–H and O–H groups in total. The average molecular weight is 323 g/mol. The van der Waals surface area contributed by atoms with Crippen molar-refractivity contribution in [1.29, 1.82) is 0 Å². The zero-order valence-electron chi connectivity index (χ0n) is 14.0. The zero-order valence-corrected chi connectivity index (χ0v) is 14.0. The first kappa shape index (κ1) is 17.3. The van der Waals surface area contributed by atoms with Crippen molar-refractivity contribution in [3.8, 4) is 5.69 Å². The van der Waals surface area contributed by atoms with Crippen molar-refractivity contribution in [2.75, 3.05) is 0 Å². The first-order valence-corrected chi connectivity index (χ1v) is 7.68. The van der Waals surface area contributed by atoms with Gasteiger partial charge in [0, 0.05) is 23.2 Å². The molecule has 0 spiro atoms. The van der Waals surface area contributed by atoms with Crippen LogP contribution in [0.5, 0.6) is 0 Å². The summed E-state index contributed by atoms with van der Waals surface area (Å²) < 4.78 is 2.00. The van der Waals surface area contributed by atoms with Gasteiger partial charge in [0.2, 0.25) is 0 Å². The van der Waals surface area contributed by atoms with Gasteiger partial charge in [-0.2, -0.15) is 0 Å². The Morgan fingerprint density at radius 3 is 2.42 bits per heavy atom. The van der Waals surface area contributed by atoms with Gasteiger partial charge in [0.1, 0.15) is 0 Å². The summed E-state index contributed by atoms with van der Waals surface area (Å²) in [5.41, 5.74) is 8.07. The fourth-order valence-corrected chi connectivity index (χ4v) is 2.45. The van der Waals surface area contributed by atoms with Gasteiger partial charge in [-0.05, 0) is 39.0 Å². The van der Waals surface area contributed by atoms with Crippen LogP contribution in [0.25, 0.3) is 5.69 Å². The summed E-state index contributed by atoms with van der Waals surface area (Å²) in [6.45, 7) is 5.67. The van der Waals surface area contributed by atoms with E-state index in [0.29, 0.717) is 5.56 Å². The highest BCUT2D eigenvalue weighted by molar-refractivity contribution is 5.98. The van der Waals surface area contributed by atoms with Gasteiger partial charge in [0.15, 0.2) is 0 Å². The number of aryl methyl sites for hydroxylation is 1. The fraction of sp³-hybridized carbons (Fsp3) is 0.158. The smallest absolute Gasteiger partial charge is 0.271 e. The molecule has 1 heterocycles. The van der Waals surface area contributed by atoms with Crippen LogP contribution in [0.1, 0.15) is 28.7 Å². The molecule has 5 heteroatoms.